The fourth-order valence-electron chi connectivity index (χ4n) is 3.51. The molecule has 0 atom stereocenters. The van der Waals surface area contributed by atoms with E-state index in [2.05, 4.69) is 4.18 Å². The predicted molar refractivity (Wildman–Crippen MR) is 128 cm³/mol. The summed E-state index contributed by atoms with van der Waals surface area (Å²) in [7, 11) is -4.82. The third kappa shape index (κ3) is 5.14. The quantitative estimate of drug-likeness (QED) is 0.243. The SMILES string of the molecule is O=C([O][Bi]([c]1ccccc1)([c]1ccccc1)[c]1ccccc1)c1ccccc1OS(=O)(=O)O. The Morgan fingerprint density at radius 1 is 0.636 bits per heavy atom. The molecule has 1 N–H and O–H groups in total. The molecule has 6 nitrogen and oxygen atoms in total. The Bertz CT molecular complexity index is 1250. The van der Waals surface area contributed by atoms with E-state index in [-0.39, 0.29) is 11.3 Å². The molecule has 0 aliphatic rings. The van der Waals surface area contributed by atoms with Crippen molar-refractivity contribution in [1.29, 1.82) is 0 Å². The first kappa shape index (κ1) is 23.1. The molecule has 4 rings (SSSR count). The van der Waals surface area contributed by atoms with Gasteiger partial charge in [0.1, 0.15) is 0 Å². The topological polar surface area (TPSA) is 89.9 Å². The molecule has 0 bridgehead atoms. The van der Waals surface area contributed by atoms with E-state index in [1.54, 1.807) is 6.07 Å². The first-order valence-corrected chi connectivity index (χ1v) is 18.0. The van der Waals surface area contributed by atoms with Crippen molar-refractivity contribution >= 4 is 46.9 Å². The zero-order valence-electron chi connectivity index (χ0n) is 17.3. The van der Waals surface area contributed by atoms with Crippen molar-refractivity contribution in [2.75, 3.05) is 0 Å². The van der Waals surface area contributed by atoms with Crippen LogP contribution >= 0.6 is 0 Å². The van der Waals surface area contributed by atoms with Crippen LogP contribution in [0.3, 0.4) is 0 Å². The number of para-hydroxylation sites is 1. The normalized spacial score (nSPS) is 11.5. The molecule has 0 aliphatic heterocycles. The third-order valence-electron chi connectivity index (χ3n) is 4.88. The Balaban J connectivity index is 1.92. The summed E-state index contributed by atoms with van der Waals surface area (Å²) in [5.74, 6) is -1.04. The van der Waals surface area contributed by atoms with Gasteiger partial charge >= 0.3 is 198 Å². The summed E-state index contributed by atoms with van der Waals surface area (Å²) in [6.07, 6.45) is 0. The molecule has 0 unspecified atom stereocenters. The van der Waals surface area contributed by atoms with Crippen LogP contribution < -0.4 is 14.0 Å². The van der Waals surface area contributed by atoms with Crippen molar-refractivity contribution in [3.05, 3.63) is 121 Å². The van der Waals surface area contributed by atoms with E-state index in [1.165, 1.54) is 18.2 Å². The summed E-state index contributed by atoms with van der Waals surface area (Å²) in [6.45, 7) is 0. The van der Waals surface area contributed by atoms with Gasteiger partial charge < -0.3 is 0 Å². The molecule has 0 saturated carbocycles. The summed E-state index contributed by atoms with van der Waals surface area (Å²) in [5.41, 5.74) is -0.0968. The first-order chi connectivity index (χ1) is 15.9. The fourth-order valence-corrected chi connectivity index (χ4v) is 16.8. The standard InChI is InChI=1S/C7H6O6S.3C6H5.Bi/c8-7(9)5-3-1-2-4-6(5)13-14(10,11)12;3*1-2-4-6-5-3-1;/h1-4H,(H,8,9)(H,10,11,12);3*1-5H;/q;;;;+1/p-1. The van der Waals surface area contributed by atoms with Crippen molar-refractivity contribution in [3.63, 3.8) is 0 Å². The summed E-state index contributed by atoms with van der Waals surface area (Å²) >= 11 is -4.48. The first-order valence-electron chi connectivity index (χ1n) is 9.96. The van der Waals surface area contributed by atoms with Crippen LogP contribution in [0, 0.1) is 0 Å². The second-order valence-electron chi connectivity index (χ2n) is 7.00. The van der Waals surface area contributed by atoms with Crippen LogP contribution in [0.5, 0.6) is 5.75 Å². The molecule has 4 aromatic rings. The summed E-state index contributed by atoms with van der Waals surface area (Å²) in [5, 5.41) is 0. The minimum absolute atomic E-state index is 0.0968. The van der Waals surface area contributed by atoms with E-state index in [0.717, 1.165) is 9.81 Å². The van der Waals surface area contributed by atoms with Gasteiger partial charge in [0.15, 0.2) is 0 Å². The van der Waals surface area contributed by atoms with E-state index in [9.17, 15) is 13.2 Å². The van der Waals surface area contributed by atoms with Crippen LogP contribution in [0.1, 0.15) is 10.4 Å². The van der Waals surface area contributed by atoms with E-state index in [4.69, 9.17) is 7.37 Å². The van der Waals surface area contributed by atoms with Crippen LogP contribution in [0.15, 0.2) is 115 Å². The average molecular weight is 657 g/mol. The Hall–Kier alpha value is -3.06. The molecule has 0 fully saturated rings. The number of carbonyl (C=O) groups is 1. The van der Waals surface area contributed by atoms with E-state index < -0.39 is 37.1 Å². The average Bonchev–Trinajstić information content (AvgIpc) is 2.83. The third-order valence-corrected chi connectivity index (χ3v) is 18.9. The summed E-state index contributed by atoms with van der Waals surface area (Å²) in [4.78, 5) is 13.6. The van der Waals surface area contributed by atoms with Gasteiger partial charge in [-0.3, -0.25) is 0 Å². The zero-order chi connectivity index (χ0) is 23.3. The molecule has 0 heterocycles. The molecule has 4 aromatic carbocycles. The monoisotopic (exact) mass is 657 g/mol. The maximum absolute atomic E-state index is 13.6. The Morgan fingerprint density at radius 2 is 1.03 bits per heavy atom. The molecule has 0 spiro atoms. The van der Waals surface area contributed by atoms with Crippen molar-refractivity contribution in [2.45, 2.75) is 0 Å². The maximum atomic E-state index is 13.6. The Morgan fingerprint density at radius 3 is 1.45 bits per heavy atom. The Kier molecular flexibility index (Phi) is 6.89. The van der Waals surface area contributed by atoms with Gasteiger partial charge in [-0.25, -0.2) is 0 Å². The van der Waals surface area contributed by atoms with Gasteiger partial charge in [0.25, 0.3) is 0 Å². The molecular formula is C25H20BiO6S. The van der Waals surface area contributed by atoms with E-state index >= 15 is 0 Å². The van der Waals surface area contributed by atoms with Crippen molar-refractivity contribution < 1.29 is 24.8 Å². The van der Waals surface area contributed by atoms with Crippen LogP contribution in [0.25, 0.3) is 0 Å². The number of hydrogen-bond acceptors (Lipinski definition) is 5. The second kappa shape index (κ2) is 9.83. The molecule has 0 amide bonds. The van der Waals surface area contributed by atoms with Crippen LogP contribution in [-0.4, -0.2) is 39.6 Å². The zero-order valence-corrected chi connectivity index (χ0v) is 21.6. The molecular weight excluding hydrogens is 637 g/mol. The molecule has 0 aromatic heterocycles. The molecule has 33 heavy (non-hydrogen) atoms. The number of carbonyl (C=O) groups excluding carboxylic acids is 1. The number of rotatable bonds is 7. The van der Waals surface area contributed by atoms with Gasteiger partial charge in [-0.2, -0.15) is 0 Å². The van der Waals surface area contributed by atoms with Crippen LogP contribution in [0.4, 0.5) is 0 Å². The summed E-state index contributed by atoms with van der Waals surface area (Å²) in [6, 6.07) is 34.6. The van der Waals surface area contributed by atoms with Crippen molar-refractivity contribution in [3.8, 4) is 5.75 Å². The molecule has 167 valence electrons. The van der Waals surface area contributed by atoms with Gasteiger partial charge in [0.2, 0.25) is 0 Å². The van der Waals surface area contributed by atoms with Crippen LogP contribution in [0.2, 0.25) is 0 Å². The van der Waals surface area contributed by atoms with Crippen LogP contribution in [-0.2, 0) is 13.2 Å². The van der Waals surface area contributed by atoms with E-state index in [0.29, 0.717) is 0 Å². The second-order valence-corrected chi connectivity index (χ2v) is 19.5. The molecule has 0 saturated heterocycles. The van der Waals surface area contributed by atoms with Gasteiger partial charge in [-0.1, -0.05) is 0 Å². The minimum atomic E-state index is -4.82. The Labute approximate surface area is 197 Å². The predicted octanol–water partition coefficient (Wildman–Crippen LogP) is 2.69. The molecule has 1 radical (unpaired) electrons. The van der Waals surface area contributed by atoms with Crippen molar-refractivity contribution in [1.82, 2.24) is 0 Å². The number of benzene rings is 4. The van der Waals surface area contributed by atoms with E-state index in [1.807, 2.05) is 91.0 Å². The van der Waals surface area contributed by atoms with Gasteiger partial charge in [-0.15, -0.1) is 0 Å². The van der Waals surface area contributed by atoms with Gasteiger partial charge in [0.05, 0.1) is 0 Å². The summed E-state index contributed by atoms with van der Waals surface area (Å²) < 4.78 is 45.6. The van der Waals surface area contributed by atoms with Gasteiger partial charge in [-0.05, 0) is 0 Å². The number of hydrogen-bond donors (Lipinski definition) is 1. The van der Waals surface area contributed by atoms with Crippen molar-refractivity contribution in [2.24, 2.45) is 0 Å². The fraction of sp³-hybridized carbons (Fsp3) is 0. The molecule has 8 heteroatoms. The van der Waals surface area contributed by atoms with Gasteiger partial charge in [0, 0.05) is 0 Å². The molecule has 0 aliphatic carbocycles.